The van der Waals surface area contributed by atoms with Crippen molar-refractivity contribution in [1.82, 2.24) is 14.9 Å². The average Bonchev–Trinajstić information content (AvgIpc) is 3.27. The number of nitrogens with zero attached hydrogens (tertiary/aromatic N) is 4. The molecule has 1 aromatic carbocycles. The Kier molecular flexibility index (Phi) is 5.17. The maximum Gasteiger partial charge on any atom is 0.224 e. The number of hydrogen-bond acceptors (Lipinski definition) is 5. The zero-order valence-corrected chi connectivity index (χ0v) is 16.7. The van der Waals surface area contributed by atoms with Gasteiger partial charge in [0.25, 0.3) is 0 Å². The molecule has 0 saturated carbocycles. The molecule has 28 heavy (non-hydrogen) atoms. The second kappa shape index (κ2) is 8.08. The molecule has 1 aromatic heterocycles. The van der Waals surface area contributed by atoms with Crippen LogP contribution in [0.1, 0.15) is 43.2 Å². The molecule has 0 radical (unpaired) electrons. The second-order valence-electron chi connectivity index (χ2n) is 8.60. The molecule has 0 spiro atoms. The molecule has 2 aromatic rings. The van der Waals surface area contributed by atoms with Crippen molar-refractivity contribution in [2.24, 2.45) is 0 Å². The SMILES string of the molecule is c1ccc2c(c1)CC(N1CCC(Nc3nccc(N4CCCCCC4)n3)C1)C2. The summed E-state index contributed by atoms with van der Waals surface area (Å²) in [5.41, 5.74) is 3.08. The first-order chi connectivity index (χ1) is 13.8. The monoisotopic (exact) mass is 377 g/mol. The summed E-state index contributed by atoms with van der Waals surface area (Å²) in [6, 6.07) is 12.1. The molecule has 5 rings (SSSR count). The maximum atomic E-state index is 4.84. The highest BCUT2D eigenvalue weighted by Crippen LogP contribution is 2.28. The van der Waals surface area contributed by atoms with Gasteiger partial charge in [-0.1, -0.05) is 37.1 Å². The van der Waals surface area contributed by atoms with Crippen molar-refractivity contribution >= 4 is 11.8 Å². The highest BCUT2D eigenvalue weighted by Gasteiger charge is 2.32. The van der Waals surface area contributed by atoms with E-state index in [4.69, 9.17) is 4.98 Å². The van der Waals surface area contributed by atoms with Crippen LogP contribution in [0.3, 0.4) is 0 Å². The second-order valence-corrected chi connectivity index (χ2v) is 8.60. The molecular formula is C23H31N5. The lowest BCUT2D eigenvalue weighted by atomic mass is 10.1. The number of benzene rings is 1. The van der Waals surface area contributed by atoms with E-state index in [2.05, 4.69) is 50.4 Å². The summed E-state index contributed by atoms with van der Waals surface area (Å²) in [5.74, 6) is 1.88. The van der Waals surface area contributed by atoms with E-state index in [9.17, 15) is 0 Å². The fraction of sp³-hybridized carbons (Fsp3) is 0.565. The maximum absolute atomic E-state index is 4.84. The minimum Gasteiger partial charge on any atom is -0.356 e. The number of fused-ring (bicyclic) bond motifs is 1. The van der Waals surface area contributed by atoms with Gasteiger partial charge in [-0.15, -0.1) is 0 Å². The molecule has 2 saturated heterocycles. The lowest BCUT2D eigenvalue weighted by Gasteiger charge is -2.24. The molecule has 2 aliphatic heterocycles. The highest BCUT2D eigenvalue weighted by atomic mass is 15.3. The summed E-state index contributed by atoms with van der Waals surface area (Å²) in [5, 5.41) is 3.62. The third-order valence-electron chi connectivity index (χ3n) is 6.67. The Balaban J connectivity index is 1.19. The molecule has 3 aliphatic rings. The number of hydrogen-bond donors (Lipinski definition) is 1. The predicted octanol–water partition coefficient (Wildman–Crippen LogP) is 3.51. The van der Waals surface area contributed by atoms with E-state index in [1.807, 2.05) is 6.20 Å². The van der Waals surface area contributed by atoms with Crippen LogP contribution in [0.15, 0.2) is 36.5 Å². The molecule has 5 nitrogen and oxygen atoms in total. The Labute approximate surface area is 168 Å². The fourth-order valence-corrected chi connectivity index (χ4v) is 5.11. The number of rotatable bonds is 4. The summed E-state index contributed by atoms with van der Waals surface area (Å²) in [6.45, 7) is 4.50. The smallest absolute Gasteiger partial charge is 0.224 e. The molecule has 1 unspecified atom stereocenters. The molecule has 1 atom stereocenters. The van der Waals surface area contributed by atoms with Gasteiger partial charge in [-0.2, -0.15) is 4.98 Å². The van der Waals surface area contributed by atoms with Crippen molar-refractivity contribution in [2.75, 3.05) is 36.4 Å². The first-order valence-electron chi connectivity index (χ1n) is 11.0. The van der Waals surface area contributed by atoms with Crippen LogP contribution in [-0.2, 0) is 12.8 Å². The zero-order valence-electron chi connectivity index (χ0n) is 16.7. The lowest BCUT2D eigenvalue weighted by molar-refractivity contribution is 0.248. The topological polar surface area (TPSA) is 44.3 Å². The van der Waals surface area contributed by atoms with E-state index in [0.717, 1.165) is 31.4 Å². The summed E-state index contributed by atoms with van der Waals surface area (Å²) < 4.78 is 0. The highest BCUT2D eigenvalue weighted by molar-refractivity contribution is 5.43. The summed E-state index contributed by atoms with van der Waals surface area (Å²) in [7, 11) is 0. The lowest BCUT2D eigenvalue weighted by Crippen LogP contribution is -2.36. The van der Waals surface area contributed by atoms with Gasteiger partial charge in [-0.05, 0) is 49.3 Å². The Morgan fingerprint density at radius 3 is 2.39 bits per heavy atom. The van der Waals surface area contributed by atoms with Crippen molar-refractivity contribution < 1.29 is 0 Å². The van der Waals surface area contributed by atoms with Crippen LogP contribution in [0.4, 0.5) is 11.8 Å². The van der Waals surface area contributed by atoms with E-state index < -0.39 is 0 Å². The summed E-state index contributed by atoms with van der Waals surface area (Å²) >= 11 is 0. The Bertz CT molecular complexity index is 774. The first kappa shape index (κ1) is 17.9. The number of likely N-dealkylation sites (tertiary alicyclic amines) is 1. The van der Waals surface area contributed by atoms with Gasteiger partial charge < -0.3 is 10.2 Å². The summed E-state index contributed by atoms with van der Waals surface area (Å²) in [4.78, 5) is 14.4. The minimum atomic E-state index is 0.447. The zero-order chi connectivity index (χ0) is 18.8. The van der Waals surface area contributed by atoms with Gasteiger partial charge >= 0.3 is 0 Å². The normalized spacial score (nSPS) is 23.6. The van der Waals surface area contributed by atoms with Gasteiger partial charge in [0.15, 0.2) is 0 Å². The molecule has 2 fully saturated rings. The van der Waals surface area contributed by atoms with Crippen LogP contribution in [0.25, 0.3) is 0 Å². The van der Waals surface area contributed by atoms with Crippen molar-refractivity contribution in [3.8, 4) is 0 Å². The van der Waals surface area contributed by atoms with Gasteiger partial charge in [0.2, 0.25) is 5.95 Å². The van der Waals surface area contributed by atoms with Gasteiger partial charge in [-0.25, -0.2) is 4.98 Å². The molecular weight excluding hydrogens is 346 g/mol. The summed E-state index contributed by atoms with van der Waals surface area (Å²) in [6.07, 6.45) is 10.7. The molecule has 148 valence electrons. The van der Waals surface area contributed by atoms with Crippen LogP contribution < -0.4 is 10.2 Å². The molecule has 1 aliphatic carbocycles. The average molecular weight is 378 g/mol. The molecule has 0 amide bonds. The molecule has 0 bridgehead atoms. The van der Waals surface area contributed by atoms with Gasteiger partial charge in [0, 0.05) is 44.5 Å². The van der Waals surface area contributed by atoms with Crippen molar-refractivity contribution in [3.63, 3.8) is 0 Å². The van der Waals surface area contributed by atoms with Crippen LogP contribution in [0, 0.1) is 0 Å². The largest absolute Gasteiger partial charge is 0.356 e. The number of aromatic nitrogens is 2. The molecule has 5 heteroatoms. The van der Waals surface area contributed by atoms with E-state index in [0.29, 0.717) is 12.1 Å². The quantitative estimate of drug-likeness (QED) is 0.883. The van der Waals surface area contributed by atoms with Gasteiger partial charge in [-0.3, -0.25) is 4.90 Å². The van der Waals surface area contributed by atoms with E-state index in [1.165, 1.54) is 62.6 Å². The Hall–Kier alpha value is -2.14. The number of nitrogens with one attached hydrogen (secondary N) is 1. The van der Waals surface area contributed by atoms with Crippen molar-refractivity contribution in [1.29, 1.82) is 0 Å². The molecule has 3 heterocycles. The molecule has 1 N–H and O–H groups in total. The van der Waals surface area contributed by atoms with E-state index >= 15 is 0 Å². The number of anilines is 2. The minimum absolute atomic E-state index is 0.447. The van der Waals surface area contributed by atoms with Crippen LogP contribution >= 0.6 is 0 Å². The standard InChI is InChI=1S/C23H31N5/c1-2-6-13-27(12-5-1)22-9-11-24-23(26-22)25-20-10-14-28(17-20)21-15-18-7-3-4-8-19(18)16-21/h3-4,7-9,11,20-21H,1-2,5-6,10,12-17H2,(H,24,25,26). The van der Waals surface area contributed by atoms with Gasteiger partial charge in [0.05, 0.1) is 0 Å². The first-order valence-corrected chi connectivity index (χ1v) is 11.0. The van der Waals surface area contributed by atoms with Crippen molar-refractivity contribution in [2.45, 2.75) is 57.0 Å². The van der Waals surface area contributed by atoms with Crippen molar-refractivity contribution in [3.05, 3.63) is 47.7 Å². The fourth-order valence-electron chi connectivity index (χ4n) is 5.11. The van der Waals surface area contributed by atoms with Crippen LogP contribution in [0.2, 0.25) is 0 Å². The van der Waals surface area contributed by atoms with E-state index in [1.54, 1.807) is 0 Å². The Morgan fingerprint density at radius 1 is 0.893 bits per heavy atom. The van der Waals surface area contributed by atoms with Crippen LogP contribution in [0.5, 0.6) is 0 Å². The third kappa shape index (κ3) is 3.86. The third-order valence-corrected chi connectivity index (χ3v) is 6.67. The van der Waals surface area contributed by atoms with Crippen LogP contribution in [-0.4, -0.2) is 53.1 Å². The Morgan fingerprint density at radius 2 is 1.64 bits per heavy atom. The van der Waals surface area contributed by atoms with E-state index in [-0.39, 0.29) is 0 Å². The van der Waals surface area contributed by atoms with Gasteiger partial charge in [0.1, 0.15) is 5.82 Å². The predicted molar refractivity (Wildman–Crippen MR) is 114 cm³/mol.